The molecule has 2 N–H and O–H groups in total. The summed E-state index contributed by atoms with van der Waals surface area (Å²) >= 11 is 0. The van der Waals surface area contributed by atoms with Gasteiger partial charge in [0.05, 0.1) is 23.5 Å². The average molecular weight is 425 g/mol. The van der Waals surface area contributed by atoms with Crippen molar-refractivity contribution < 1.29 is 9.53 Å². The Balaban J connectivity index is 1.63. The van der Waals surface area contributed by atoms with Crippen LogP contribution in [0.1, 0.15) is 49.8 Å². The number of nitrogens with one attached hydrogen (secondary N) is 2. The van der Waals surface area contributed by atoms with Crippen LogP contribution in [-0.2, 0) is 4.79 Å². The predicted molar refractivity (Wildman–Crippen MR) is 129 cm³/mol. The van der Waals surface area contributed by atoms with Crippen molar-refractivity contribution in [2.45, 2.75) is 44.8 Å². The number of rotatable bonds is 4. The van der Waals surface area contributed by atoms with Gasteiger partial charge in [-0.25, -0.2) is 0 Å². The number of Topliss-reactive ketones (excluding diaryl/α,β-unsaturated/α-hetero) is 1. The summed E-state index contributed by atoms with van der Waals surface area (Å²) in [7, 11) is 0. The smallest absolute Gasteiger partial charge is 0.163 e. The van der Waals surface area contributed by atoms with Crippen molar-refractivity contribution in [1.82, 2.24) is 0 Å². The number of para-hydroxylation sites is 3. The zero-order chi connectivity index (χ0) is 22.1. The van der Waals surface area contributed by atoms with Gasteiger partial charge >= 0.3 is 0 Å². The van der Waals surface area contributed by atoms with E-state index in [2.05, 4.69) is 41.0 Å². The molecule has 32 heavy (non-hydrogen) atoms. The van der Waals surface area contributed by atoms with Crippen LogP contribution in [0.5, 0.6) is 5.75 Å². The van der Waals surface area contributed by atoms with Gasteiger partial charge in [-0.1, -0.05) is 60.7 Å². The van der Waals surface area contributed by atoms with Crippen molar-refractivity contribution in [2.24, 2.45) is 0 Å². The van der Waals surface area contributed by atoms with E-state index in [1.54, 1.807) is 0 Å². The summed E-state index contributed by atoms with van der Waals surface area (Å²) in [5.41, 5.74) is 5.98. The molecule has 1 aliphatic heterocycles. The first-order valence-corrected chi connectivity index (χ1v) is 11.3. The van der Waals surface area contributed by atoms with Gasteiger partial charge < -0.3 is 15.4 Å². The molecule has 0 spiro atoms. The Morgan fingerprint density at radius 1 is 0.844 bits per heavy atom. The standard InChI is InChI=1S/C28H28N2O2/c1-18(2)32-26-15-9-6-12-21(26)28-27-24(29-22-13-7-8-14-23(22)30-28)16-20(17-25(27)31)19-10-4-3-5-11-19/h3-15,18,20,28-30H,16-17H2,1-2H3/t20-,28+/m0/s1. The molecule has 4 heteroatoms. The van der Waals surface area contributed by atoms with E-state index >= 15 is 0 Å². The van der Waals surface area contributed by atoms with Crippen LogP contribution in [0.4, 0.5) is 11.4 Å². The number of benzene rings is 3. The van der Waals surface area contributed by atoms with Gasteiger partial charge in [-0.05, 0) is 49.9 Å². The van der Waals surface area contributed by atoms with Crippen LogP contribution >= 0.6 is 0 Å². The average Bonchev–Trinajstić information content (AvgIpc) is 2.96. The molecular formula is C28H28N2O2. The minimum absolute atomic E-state index is 0.0466. The molecule has 0 amide bonds. The lowest BCUT2D eigenvalue weighted by Gasteiger charge is -2.30. The fourth-order valence-electron chi connectivity index (χ4n) is 4.77. The SMILES string of the molecule is CC(C)Oc1ccccc1[C@H]1Nc2ccccc2NC2=C1C(=O)C[C@@H](c1ccccc1)C2. The van der Waals surface area contributed by atoms with Gasteiger partial charge in [0.1, 0.15) is 5.75 Å². The van der Waals surface area contributed by atoms with Crippen LogP contribution in [0.15, 0.2) is 90.1 Å². The third kappa shape index (κ3) is 3.89. The van der Waals surface area contributed by atoms with E-state index in [9.17, 15) is 4.79 Å². The number of allylic oxidation sites excluding steroid dienone is 1. The molecular weight excluding hydrogens is 396 g/mol. The maximum Gasteiger partial charge on any atom is 0.163 e. The summed E-state index contributed by atoms with van der Waals surface area (Å²) in [5, 5.41) is 7.26. The van der Waals surface area contributed by atoms with Gasteiger partial charge in [-0.3, -0.25) is 4.79 Å². The maximum atomic E-state index is 13.7. The van der Waals surface area contributed by atoms with Gasteiger partial charge in [0, 0.05) is 23.3 Å². The Labute approximate surface area is 189 Å². The summed E-state index contributed by atoms with van der Waals surface area (Å²) < 4.78 is 6.14. The molecule has 0 bridgehead atoms. The molecule has 0 aromatic heterocycles. The Kier molecular flexibility index (Phi) is 5.44. The molecule has 3 aromatic rings. The number of carbonyl (C=O) groups excluding carboxylic acids is 1. The highest BCUT2D eigenvalue weighted by molar-refractivity contribution is 6.01. The molecule has 4 nitrogen and oxygen atoms in total. The van der Waals surface area contributed by atoms with Crippen molar-refractivity contribution in [3.05, 3.63) is 101 Å². The summed E-state index contributed by atoms with van der Waals surface area (Å²) in [5.74, 6) is 1.16. The second kappa shape index (κ2) is 8.54. The van der Waals surface area contributed by atoms with E-state index in [0.29, 0.717) is 6.42 Å². The van der Waals surface area contributed by atoms with Crippen LogP contribution in [0, 0.1) is 0 Å². The van der Waals surface area contributed by atoms with Crippen molar-refractivity contribution in [3.8, 4) is 5.75 Å². The third-order valence-electron chi connectivity index (χ3n) is 6.17. The lowest BCUT2D eigenvalue weighted by atomic mass is 9.78. The van der Waals surface area contributed by atoms with Crippen LogP contribution < -0.4 is 15.4 Å². The molecule has 0 saturated heterocycles. The van der Waals surface area contributed by atoms with Gasteiger partial charge in [0.2, 0.25) is 0 Å². The first kappa shape index (κ1) is 20.4. The number of fused-ring (bicyclic) bond motifs is 1. The molecule has 3 aromatic carbocycles. The number of carbonyl (C=O) groups is 1. The molecule has 0 unspecified atom stereocenters. The minimum Gasteiger partial charge on any atom is -0.491 e. The fraction of sp³-hybridized carbons (Fsp3) is 0.250. The Hall–Kier alpha value is -3.53. The van der Waals surface area contributed by atoms with E-state index in [0.717, 1.165) is 40.4 Å². The van der Waals surface area contributed by atoms with Crippen molar-refractivity contribution >= 4 is 17.2 Å². The lowest BCUT2D eigenvalue weighted by Crippen LogP contribution is -2.27. The monoisotopic (exact) mass is 424 g/mol. The van der Waals surface area contributed by atoms with Gasteiger partial charge in [-0.15, -0.1) is 0 Å². The molecule has 0 radical (unpaired) electrons. The third-order valence-corrected chi connectivity index (χ3v) is 6.17. The highest BCUT2D eigenvalue weighted by atomic mass is 16.5. The summed E-state index contributed by atoms with van der Waals surface area (Å²) in [6, 6.07) is 26.3. The zero-order valence-electron chi connectivity index (χ0n) is 18.5. The van der Waals surface area contributed by atoms with E-state index in [4.69, 9.17) is 4.74 Å². The van der Waals surface area contributed by atoms with Crippen LogP contribution in [-0.4, -0.2) is 11.9 Å². The summed E-state index contributed by atoms with van der Waals surface area (Å²) in [6.45, 7) is 4.05. The largest absolute Gasteiger partial charge is 0.491 e. The highest BCUT2D eigenvalue weighted by Gasteiger charge is 2.37. The van der Waals surface area contributed by atoms with E-state index in [1.165, 1.54) is 5.56 Å². The highest BCUT2D eigenvalue weighted by Crippen LogP contribution is 2.45. The lowest BCUT2D eigenvalue weighted by molar-refractivity contribution is -0.116. The second-order valence-corrected chi connectivity index (χ2v) is 8.78. The first-order valence-electron chi connectivity index (χ1n) is 11.3. The molecule has 1 aliphatic carbocycles. The Morgan fingerprint density at radius 3 is 2.31 bits per heavy atom. The molecule has 0 saturated carbocycles. The summed E-state index contributed by atoms with van der Waals surface area (Å²) in [6.07, 6.45) is 1.35. The second-order valence-electron chi connectivity index (χ2n) is 8.78. The van der Waals surface area contributed by atoms with Crippen LogP contribution in [0.3, 0.4) is 0 Å². The van der Waals surface area contributed by atoms with Crippen LogP contribution in [0.25, 0.3) is 0 Å². The number of ether oxygens (including phenoxy) is 1. The predicted octanol–water partition coefficient (Wildman–Crippen LogP) is 6.45. The number of hydrogen-bond acceptors (Lipinski definition) is 4. The van der Waals surface area contributed by atoms with E-state index in [1.807, 2.05) is 62.4 Å². The molecule has 2 atom stereocenters. The zero-order valence-corrected chi connectivity index (χ0v) is 18.5. The fourth-order valence-corrected chi connectivity index (χ4v) is 4.77. The number of ketones is 1. The quantitative estimate of drug-likeness (QED) is 0.505. The molecule has 2 aliphatic rings. The Bertz CT molecular complexity index is 1170. The molecule has 5 rings (SSSR count). The number of anilines is 2. The molecule has 162 valence electrons. The van der Waals surface area contributed by atoms with Crippen molar-refractivity contribution in [1.29, 1.82) is 0 Å². The van der Waals surface area contributed by atoms with Gasteiger partial charge in [-0.2, -0.15) is 0 Å². The molecule has 0 fully saturated rings. The van der Waals surface area contributed by atoms with Crippen LogP contribution in [0.2, 0.25) is 0 Å². The Morgan fingerprint density at radius 2 is 1.53 bits per heavy atom. The van der Waals surface area contributed by atoms with Gasteiger partial charge in [0.25, 0.3) is 0 Å². The maximum absolute atomic E-state index is 13.7. The van der Waals surface area contributed by atoms with E-state index < -0.39 is 0 Å². The summed E-state index contributed by atoms with van der Waals surface area (Å²) in [4.78, 5) is 13.7. The first-order chi connectivity index (χ1) is 15.6. The van der Waals surface area contributed by atoms with Crippen molar-refractivity contribution in [3.63, 3.8) is 0 Å². The molecule has 1 heterocycles. The van der Waals surface area contributed by atoms with Crippen molar-refractivity contribution in [2.75, 3.05) is 10.6 Å². The topological polar surface area (TPSA) is 50.4 Å². The van der Waals surface area contributed by atoms with E-state index in [-0.39, 0.29) is 23.8 Å². The normalized spacial score (nSPS) is 20.0. The minimum atomic E-state index is -0.277. The number of hydrogen-bond donors (Lipinski definition) is 2. The van der Waals surface area contributed by atoms with Gasteiger partial charge in [0.15, 0.2) is 5.78 Å².